The second-order valence-electron chi connectivity index (χ2n) is 5.84. The molecule has 0 radical (unpaired) electrons. The van der Waals surface area contributed by atoms with Gasteiger partial charge in [-0.3, -0.25) is 4.79 Å². The molecule has 0 spiro atoms. The Balaban J connectivity index is 2.21. The summed E-state index contributed by atoms with van der Waals surface area (Å²) < 4.78 is 10.6. The third-order valence-corrected chi connectivity index (χ3v) is 4.26. The number of likely N-dealkylation sites (tertiary alicyclic amines) is 1. The number of hydrogen-bond donors (Lipinski definition) is 1. The molecule has 1 heterocycles. The summed E-state index contributed by atoms with van der Waals surface area (Å²) >= 11 is 0. The second-order valence-corrected chi connectivity index (χ2v) is 5.84. The van der Waals surface area contributed by atoms with Crippen molar-refractivity contribution in [1.29, 1.82) is 0 Å². The molecule has 2 rings (SSSR count). The molecule has 0 bridgehead atoms. The molecule has 1 atom stereocenters. The molecule has 1 fully saturated rings. The number of nitrogens with one attached hydrogen (secondary N) is 1. The highest BCUT2D eigenvalue weighted by atomic mass is 16.5. The summed E-state index contributed by atoms with van der Waals surface area (Å²) in [6.45, 7) is 4.53. The molecule has 22 heavy (non-hydrogen) atoms. The molecule has 5 nitrogen and oxygen atoms in total. The Bertz CT molecular complexity index is 529. The molecule has 1 aromatic carbocycles. The number of methoxy groups -OCH3 is 2. The lowest BCUT2D eigenvalue weighted by atomic mass is 9.96. The molecule has 1 N–H and O–H groups in total. The van der Waals surface area contributed by atoms with Crippen LogP contribution in [0.5, 0.6) is 11.5 Å². The molecular weight excluding hydrogens is 280 g/mol. The Morgan fingerprint density at radius 2 is 2.00 bits per heavy atom. The molecule has 0 unspecified atom stereocenters. The monoisotopic (exact) mass is 306 g/mol. The van der Waals surface area contributed by atoms with E-state index in [2.05, 4.69) is 5.32 Å². The van der Waals surface area contributed by atoms with E-state index in [0.29, 0.717) is 23.0 Å². The Morgan fingerprint density at radius 3 is 2.64 bits per heavy atom. The van der Waals surface area contributed by atoms with E-state index in [4.69, 9.17) is 9.47 Å². The predicted octanol–water partition coefficient (Wildman–Crippen LogP) is 2.08. The predicted molar refractivity (Wildman–Crippen MR) is 86.8 cm³/mol. The fraction of sp³-hybridized carbons (Fsp3) is 0.588. The first-order valence-electron chi connectivity index (χ1n) is 7.77. The Hall–Kier alpha value is -1.75. The van der Waals surface area contributed by atoms with Gasteiger partial charge in [0.05, 0.1) is 14.2 Å². The molecule has 122 valence electrons. The van der Waals surface area contributed by atoms with Gasteiger partial charge in [0.1, 0.15) is 0 Å². The number of amides is 1. The van der Waals surface area contributed by atoms with Crippen molar-refractivity contribution in [1.82, 2.24) is 10.2 Å². The van der Waals surface area contributed by atoms with Crippen LogP contribution in [-0.4, -0.2) is 51.7 Å². The van der Waals surface area contributed by atoms with Crippen LogP contribution in [0.3, 0.4) is 0 Å². The number of rotatable bonds is 5. The van der Waals surface area contributed by atoms with Crippen molar-refractivity contribution in [3.05, 3.63) is 23.3 Å². The van der Waals surface area contributed by atoms with E-state index in [9.17, 15) is 4.79 Å². The number of ether oxygens (including phenoxy) is 2. The number of benzene rings is 1. The molecule has 1 aromatic rings. The summed E-state index contributed by atoms with van der Waals surface area (Å²) in [6, 6.07) is 3.65. The molecule has 1 aliphatic rings. The third kappa shape index (κ3) is 3.53. The van der Waals surface area contributed by atoms with E-state index in [-0.39, 0.29) is 5.91 Å². The highest BCUT2D eigenvalue weighted by Gasteiger charge is 2.25. The lowest BCUT2D eigenvalue weighted by Crippen LogP contribution is -2.42. The molecule has 0 aliphatic carbocycles. The SMILES string of the molecule is CNC[C@H]1CCCN(C(=O)c2cc(OC)c(OC)cc2C)C1. The van der Waals surface area contributed by atoms with Gasteiger partial charge in [0.2, 0.25) is 0 Å². The van der Waals surface area contributed by atoms with E-state index in [1.165, 1.54) is 6.42 Å². The summed E-state index contributed by atoms with van der Waals surface area (Å²) in [5, 5.41) is 3.21. The number of carbonyl (C=O) groups is 1. The van der Waals surface area contributed by atoms with E-state index in [0.717, 1.165) is 31.6 Å². The van der Waals surface area contributed by atoms with Gasteiger partial charge < -0.3 is 19.7 Å². The third-order valence-electron chi connectivity index (χ3n) is 4.26. The largest absolute Gasteiger partial charge is 0.493 e. The average Bonchev–Trinajstić information content (AvgIpc) is 2.54. The van der Waals surface area contributed by atoms with Crippen LogP contribution in [0.15, 0.2) is 12.1 Å². The van der Waals surface area contributed by atoms with E-state index >= 15 is 0 Å². The number of carbonyl (C=O) groups excluding carboxylic acids is 1. The van der Waals surface area contributed by atoms with Crippen LogP contribution >= 0.6 is 0 Å². The fourth-order valence-corrected chi connectivity index (χ4v) is 3.09. The van der Waals surface area contributed by atoms with Crippen LogP contribution in [0.4, 0.5) is 0 Å². The van der Waals surface area contributed by atoms with Gasteiger partial charge in [-0.2, -0.15) is 0 Å². The van der Waals surface area contributed by atoms with Gasteiger partial charge in [0, 0.05) is 18.7 Å². The Morgan fingerprint density at radius 1 is 1.32 bits per heavy atom. The maximum atomic E-state index is 12.8. The first kappa shape index (κ1) is 16.6. The number of hydrogen-bond acceptors (Lipinski definition) is 4. The molecule has 0 saturated carbocycles. The zero-order valence-corrected chi connectivity index (χ0v) is 13.9. The van der Waals surface area contributed by atoms with Crippen molar-refractivity contribution in [3.63, 3.8) is 0 Å². The standard InChI is InChI=1S/C17H26N2O3/c1-12-8-15(21-3)16(22-4)9-14(12)17(20)19-7-5-6-13(11-19)10-18-2/h8-9,13,18H,5-7,10-11H2,1-4H3/t13-/m1/s1. The maximum absolute atomic E-state index is 12.8. The Kier molecular flexibility index (Phi) is 5.66. The fourth-order valence-electron chi connectivity index (χ4n) is 3.09. The van der Waals surface area contributed by atoms with Crippen LogP contribution in [0.1, 0.15) is 28.8 Å². The van der Waals surface area contributed by atoms with Gasteiger partial charge in [0.15, 0.2) is 11.5 Å². The highest BCUT2D eigenvalue weighted by molar-refractivity contribution is 5.96. The van der Waals surface area contributed by atoms with Crippen LogP contribution in [0.25, 0.3) is 0 Å². The van der Waals surface area contributed by atoms with Crippen molar-refractivity contribution in [2.75, 3.05) is 40.9 Å². The normalized spacial score (nSPS) is 18.2. The first-order chi connectivity index (χ1) is 10.6. The topological polar surface area (TPSA) is 50.8 Å². The van der Waals surface area contributed by atoms with Crippen LogP contribution in [0, 0.1) is 12.8 Å². The van der Waals surface area contributed by atoms with Gasteiger partial charge in [-0.25, -0.2) is 0 Å². The van der Waals surface area contributed by atoms with Gasteiger partial charge in [0.25, 0.3) is 5.91 Å². The van der Waals surface area contributed by atoms with Crippen molar-refractivity contribution in [2.45, 2.75) is 19.8 Å². The zero-order valence-electron chi connectivity index (χ0n) is 13.9. The maximum Gasteiger partial charge on any atom is 0.254 e. The molecular formula is C17H26N2O3. The average molecular weight is 306 g/mol. The van der Waals surface area contributed by atoms with Gasteiger partial charge in [-0.15, -0.1) is 0 Å². The van der Waals surface area contributed by atoms with Gasteiger partial charge in [-0.1, -0.05) is 0 Å². The quantitative estimate of drug-likeness (QED) is 0.905. The van der Waals surface area contributed by atoms with E-state index < -0.39 is 0 Å². The smallest absolute Gasteiger partial charge is 0.254 e. The second kappa shape index (κ2) is 7.49. The minimum absolute atomic E-state index is 0.0826. The number of piperidine rings is 1. The summed E-state index contributed by atoms with van der Waals surface area (Å²) in [5.41, 5.74) is 1.61. The minimum atomic E-state index is 0.0826. The van der Waals surface area contributed by atoms with Crippen LogP contribution < -0.4 is 14.8 Å². The van der Waals surface area contributed by atoms with Crippen LogP contribution in [-0.2, 0) is 0 Å². The summed E-state index contributed by atoms with van der Waals surface area (Å²) in [6.07, 6.45) is 2.24. The highest BCUT2D eigenvalue weighted by Crippen LogP contribution is 2.31. The van der Waals surface area contributed by atoms with E-state index in [1.54, 1.807) is 20.3 Å². The number of nitrogens with zero attached hydrogens (tertiary/aromatic N) is 1. The van der Waals surface area contributed by atoms with Crippen molar-refractivity contribution < 1.29 is 14.3 Å². The summed E-state index contributed by atoms with van der Waals surface area (Å²) in [7, 11) is 5.15. The molecule has 0 aromatic heterocycles. The molecule has 5 heteroatoms. The minimum Gasteiger partial charge on any atom is -0.493 e. The molecule has 1 saturated heterocycles. The van der Waals surface area contributed by atoms with Crippen molar-refractivity contribution in [3.8, 4) is 11.5 Å². The summed E-state index contributed by atoms with van der Waals surface area (Å²) in [4.78, 5) is 14.8. The zero-order chi connectivity index (χ0) is 16.1. The lowest BCUT2D eigenvalue weighted by molar-refractivity contribution is 0.0673. The lowest BCUT2D eigenvalue weighted by Gasteiger charge is -2.33. The Labute approximate surface area is 132 Å². The number of aryl methyl sites for hydroxylation is 1. The summed E-state index contributed by atoms with van der Waals surface area (Å²) in [5.74, 6) is 1.87. The van der Waals surface area contributed by atoms with Gasteiger partial charge in [-0.05, 0) is 57.0 Å². The molecule has 1 amide bonds. The van der Waals surface area contributed by atoms with Gasteiger partial charge >= 0.3 is 0 Å². The van der Waals surface area contributed by atoms with Crippen molar-refractivity contribution in [2.24, 2.45) is 5.92 Å². The van der Waals surface area contributed by atoms with E-state index in [1.807, 2.05) is 24.9 Å². The molecule has 1 aliphatic heterocycles. The first-order valence-corrected chi connectivity index (χ1v) is 7.77. The van der Waals surface area contributed by atoms with Crippen molar-refractivity contribution >= 4 is 5.91 Å². The van der Waals surface area contributed by atoms with Crippen LogP contribution in [0.2, 0.25) is 0 Å².